The Balaban J connectivity index is 1.72. The highest BCUT2D eigenvalue weighted by Crippen LogP contribution is 2.19. The molecule has 0 aliphatic heterocycles. The second-order valence-corrected chi connectivity index (χ2v) is 5.60. The molecule has 0 saturated heterocycles. The topological polar surface area (TPSA) is 84.0 Å². The van der Waals surface area contributed by atoms with Gasteiger partial charge in [-0.15, -0.1) is 0 Å². The van der Waals surface area contributed by atoms with Crippen LogP contribution in [0.1, 0.15) is 27.8 Å². The number of carbonyl (C=O) groups is 2. The molecule has 0 aliphatic carbocycles. The molecule has 0 unspecified atom stereocenters. The highest BCUT2D eigenvalue weighted by Gasteiger charge is 2.14. The molecule has 1 amide bonds. The van der Waals surface area contributed by atoms with Gasteiger partial charge >= 0.3 is 0 Å². The van der Waals surface area contributed by atoms with Gasteiger partial charge in [0.1, 0.15) is 28.8 Å². The maximum absolute atomic E-state index is 13.6. The van der Waals surface area contributed by atoms with E-state index in [0.29, 0.717) is 17.1 Å². The molecule has 0 aliphatic rings. The predicted octanol–water partition coefficient (Wildman–Crippen LogP) is 3.95. The molecular weight excluding hydrogens is 354 g/mol. The van der Waals surface area contributed by atoms with Gasteiger partial charge in [0.15, 0.2) is 5.78 Å². The summed E-state index contributed by atoms with van der Waals surface area (Å²) < 4.78 is 27.2. The van der Waals surface area contributed by atoms with Crippen LogP contribution < -0.4 is 10.6 Å². The van der Waals surface area contributed by atoms with Crippen LogP contribution in [-0.2, 0) is 0 Å². The highest BCUT2D eigenvalue weighted by molar-refractivity contribution is 6.02. The molecule has 3 rings (SSSR count). The van der Waals surface area contributed by atoms with Gasteiger partial charge in [0.05, 0.1) is 12.4 Å². The Morgan fingerprint density at radius 3 is 2.30 bits per heavy atom. The van der Waals surface area contributed by atoms with Gasteiger partial charge in [-0.1, -0.05) is 18.2 Å². The molecule has 6 nitrogen and oxygen atoms in total. The zero-order chi connectivity index (χ0) is 19.4. The quantitative estimate of drug-likeness (QED) is 0.666. The number of Topliss-reactive ketones (excluding diaryl/α,β-unsaturated/α-hetero) is 1. The van der Waals surface area contributed by atoms with Crippen molar-refractivity contribution in [2.45, 2.75) is 6.92 Å². The second-order valence-electron chi connectivity index (χ2n) is 5.60. The fraction of sp³-hybridized carbons (Fsp3) is 0.0526. The van der Waals surface area contributed by atoms with Crippen molar-refractivity contribution in [2.24, 2.45) is 0 Å². The fourth-order valence-corrected chi connectivity index (χ4v) is 2.27. The summed E-state index contributed by atoms with van der Waals surface area (Å²) in [5.41, 5.74) is 0.506. The number of rotatable bonds is 5. The number of amides is 1. The van der Waals surface area contributed by atoms with E-state index in [2.05, 4.69) is 20.6 Å². The first kappa shape index (κ1) is 18.1. The van der Waals surface area contributed by atoms with E-state index in [1.807, 2.05) is 0 Å². The van der Waals surface area contributed by atoms with Gasteiger partial charge in [-0.2, -0.15) is 0 Å². The summed E-state index contributed by atoms with van der Waals surface area (Å²) in [4.78, 5) is 31.5. The molecule has 0 bridgehead atoms. The first-order valence-corrected chi connectivity index (χ1v) is 7.89. The average Bonchev–Trinajstić information content (AvgIpc) is 2.65. The standard InChI is InChI=1S/C19H14F2N4O2/c1-11(26)12-4-2-5-13(8-12)24-17-10-22-16(9-23-17)19(27)25-18-14(20)6-3-7-15(18)21/h2-10H,1H3,(H,23,24)(H,25,27). The number of hydrogen-bond donors (Lipinski definition) is 2. The molecule has 136 valence electrons. The average molecular weight is 368 g/mol. The van der Waals surface area contributed by atoms with E-state index in [-0.39, 0.29) is 11.5 Å². The Morgan fingerprint density at radius 1 is 0.963 bits per heavy atom. The number of para-hydroxylation sites is 1. The van der Waals surface area contributed by atoms with Gasteiger partial charge < -0.3 is 10.6 Å². The van der Waals surface area contributed by atoms with E-state index in [0.717, 1.165) is 12.1 Å². The van der Waals surface area contributed by atoms with E-state index >= 15 is 0 Å². The summed E-state index contributed by atoms with van der Waals surface area (Å²) in [5, 5.41) is 5.09. The predicted molar refractivity (Wildman–Crippen MR) is 96.1 cm³/mol. The minimum Gasteiger partial charge on any atom is -0.339 e. The monoisotopic (exact) mass is 368 g/mol. The molecule has 27 heavy (non-hydrogen) atoms. The minimum atomic E-state index is -0.889. The third-order valence-electron chi connectivity index (χ3n) is 3.63. The summed E-state index contributed by atoms with van der Waals surface area (Å²) in [6, 6.07) is 10.1. The lowest BCUT2D eigenvalue weighted by molar-refractivity contribution is 0.101. The number of carbonyl (C=O) groups excluding carboxylic acids is 2. The third-order valence-corrected chi connectivity index (χ3v) is 3.63. The Kier molecular flexibility index (Phi) is 5.16. The largest absolute Gasteiger partial charge is 0.339 e. The molecule has 8 heteroatoms. The SMILES string of the molecule is CC(=O)c1cccc(Nc2cnc(C(=O)Nc3c(F)cccc3F)cn2)c1. The molecule has 1 aromatic heterocycles. The lowest BCUT2D eigenvalue weighted by Gasteiger charge is -2.08. The van der Waals surface area contributed by atoms with E-state index in [9.17, 15) is 18.4 Å². The van der Waals surface area contributed by atoms with Gasteiger partial charge in [-0.05, 0) is 31.2 Å². The molecule has 2 aromatic carbocycles. The number of hydrogen-bond acceptors (Lipinski definition) is 5. The summed E-state index contributed by atoms with van der Waals surface area (Å²) in [6.07, 6.45) is 2.47. The van der Waals surface area contributed by atoms with Gasteiger partial charge in [-0.25, -0.2) is 18.7 Å². The second kappa shape index (κ2) is 7.69. The zero-order valence-electron chi connectivity index (χ0n) is 14.2. The van der Waals surface area contributed by atoms with Crippen LogP contribution in [0.5, 0.6) is 0 Å². The first-order chi connectivity index (χ1) is 12.9. The molecule has 2 N–H and O–H groups in total. The summed E-state index contributed by atoms with van der Waals surface area (Å²) in [5.74, 6) is -2.31. The van der Waals surface area contributed by atoms with Crippen molar-refractivity contribution in [3.05, 3.63) is 77.8 Å². The Hall–Kier alpha value is -3.68. The molecule has 0 fully saturated rings. The van der Waals surface area contributed by atoms with Crippen LogP contribution in [0.2, 0.25) is 0 Å². The number of nitrogens with one attached hydrogen (secondary N) is 2. The van der Waals surface area contributed by atoms with Crippen molar-refractivity contribution in [1.29, 1.82) is 0 Å². The number of nitrogens with zero attached hydrogens (tertiary/aromatic N) is 2. The number of halogens is 2. The van der Waals surface area contributed by atoms with E-state index < -0.39 is 23.2 Å². The number of ketones is 1. The van der Waals surface area contributed by atoms with E-state index in [1.54, 1.807) is 24.3 Å². The van der Waals surface area contributed by atoms with Crippen molar-refractivity contribution >= 4 is 28.9 Å². The van der Waals surface area contributed by atoms with Gasteiger partial charge in [0.25, 0.3) is 5.91 Å². The fourth-order valence-electron chi connectivity index (χ4n) is 2.27. The van der Waals surface area contributed by atoms with E-state index in [1.165, 1.54) is 25.4 Å². The van der Waals surface area contributed by atoms with Crippen molar-refractivity contribution in [2.75, 3.05) is 10.6 Å². The lowest BCUT2D eigenvalue weighted by atomic mass is 10.1. The minimum absolute atomic E-state index is 0.0721. The maximum atomic E-state index is 13.6. The van der Waals surface area contributed by atoms with Crippen molar-refractivity contribution < 1.29 is 18.4 Å². The lowest BCUT2D eigenvalue weighted by Crippen LogP contribution is -2.16. The third kappa shape index (κ3) is 4.30. The van der Waals surface area contributed by atoms with Gasteiger partial charge in [0.2, 0.25) is 0 Å². The van der Waals surface area contributed by atoms with Crippen molar-refractivity contribution in [3.63, 3.8) is 0 Å². The first-order valence-electron chi connectivity index (χ1n) is 7.89. The highest BCUT2D eigenvalue weighted by atomic mass is 19.1. The summed E-state index contributed by atoms with van der Waals surface area (Å²) in [7, 11) is 0. The number of aromatic nitrogens is 2. The van der Waals surface area contributed by atoms with Crippen LogP contribution in [0.3, 0.4) is 0 Å². The summed E-state index contributed by atoms with van der Waals surface area (Å²) in [6.45, 7) is 1.46. The molecule has 1 heterocycles. The molecule has 3 aromatic rings. The van der Waals surface area contributed by atoms with Crippen LogP contribution in [0, 0.1) is 11.6 Å². The van der Waals surface area contributed by atoms with Crippen LogP contribution in [0.25, 0.3) is 0 Å². The van der Waals surface area contributed by atoms with Crippen LogP contribution in [0.4, 0.5) is 26.0 Å². The Morgan fingerprint density at radius 2 is 1.67 bits per heavy atom. The zero-order valence-corrected chi connectivity index (χ0v) is 14.2. The maximum Gasteiger partial charge on any atom is 0.276 e. The normalized spacial score (nSPS) is 10.3. The number of benzene rings is 2. The Labute approximate surface area is 153 Å². The van der Waals surface area contributed by atoms with Crippen LogP contribution in [-0.4, -0.2) is 21.7 Å². The van der Waals surface area contributed by atoms with Gasteiger partial charge in [-0.3, -0.25) is 9.59 Å². The molecular formula is C19H14F2N4O2. The molecule has 0 radical (unpaired) electrons. The molecule has 0 saturated carbocycles. The van der Waals surface area contributed by atoms with Crippen molar-refractivity contribution in [3.8, 4) is 0 Å². The Bertz CT molecular complexity index is 987. The number of anilines is 3. The van der Waals surface area contributed by atoms with Crippen LogP contribution >= 0.6 is 0 Å². The van der Waals surface area contributed by atoms with Crippen molar-refractivity contribution in [1.82, 2.24) is 9.97 Å². The molecule has 0 spiro atoms. The van der Waals surface area contributed by atoms with Crippen LogP contribution in [0.15, 0.2) is 54.9 Å². The smallest absolute Gasteiger partial charge is 0.276 e. The molecule has 0 atom stereocenters. The summed E-state index contributed by atoms with van der Waals surface area (Å²) >= 11 is 0. The van der Waals surface area contributed by atoms with Gasteiger partial charge in [0, 0.05) is 11.3 Å². The van der Waals surface area contributed by atoms with E-state index in [4.69, 9.17) is 0 Å².